The molecule has 0 aliphatic carbocycles. The van der Waals surface area contributed by atoms with Gasteiger partial charge in [0.2, 0.25) is 0 Å². The smallest absolute Gasteiger partial charge is 0.338 e. The molecule has 20 heavy (non-hydrogen) atoms. The van der Waals surface area contributed by atoms with E-state index < -0.39 is 13.9 Å². The van der Waals surface area contributed by atoms with E-state index in [1.165, 1.54) is 0 Å². The first-order valence-electron chi connectivity index (χ1n) is 6.61. The van der Waals surface area contributed by atoms with Crippen LogP contribution in [0.4, 0.5) is 0 Å². The van der Waals surface area contributed by atoms with E-state index in [-0.39, 0.29) is 5.97 Å². The first kappa shape index (κ1) is 16.4. The Hall–Kier alpha value is -1.64. The van der Waals surface area contributed by atoms with Gasteiger partial charge in [0.1, 0.15) is 6.07 Å². The largest absolute Gasteiger partial charge is 0.462 e. The van der Waals surface area contributed by atoms with Crippen molar-refractivity contribution in [1.82, 2.24) is 0 Å². The van der Waals surface area contributed by atoms with E-state index in [1.54, 1.807) is 38.1 Å². The Morgan fingerprint density at radius 2 is 1.85 bits per heavy atom. The lowest BCUT2D eigenvalue weighted by Crippen LogP contribution is -2.37. The maximum absolute atomic E-state index is 11.6. The van der Waals surface area contributed by atoms with E-state index in [1.807, 2.05) is 19.6 Å². The molecule has 0 aromatic heterocycles. The van der Waals surface area contributed by atoms with Crippen molar-refractivity contribution in [2.75, 3.05) is 6.61 Å². The van der Waals surface area contributed by atoms with E-state index in [4.69, 9.17) is 9.16 Å². The van der Waals surface area contributed by atoms with Crippen molar-refractivity contribution in [2.24, 2.45) is 0 Å². The van der Waals surface area contributed by atoms with E-state index in [0.717, 1.165) is 5.56 Å². The highest BCUT2D eigenvalue weighted by atomic mass is 28.4. The number of ether oxygens (including phenoxy) is 1. The summed E-state index contributed by atoms with van der Waals surface area (Å²) < 4.78 is 10.9. The van der Waals surface area contributed by atoms with Crippen LogP contribution in [0.5, 0.6) is 0 Å². The van der Waals surface area contributed by atoms with Gasteiger partial charge in [0.25, 0.3) is 0 Å². The Kier molecular flexibility index (Phi) is 5.09. The van der Waals surface area contributed by atoms with Crippen LogP contribution >= 0.6 is 0 Å². The monoisotopic (exact) mass is 291 g/mol. The zero-order valence-electron chi connectivity index (χ0n) is 12.7. The summed E-state index contributed by atoms with van der Waals surface area (Å²) in [6, 6.07) is 9.04. The number of rotatable bonds is 5. The second-order valence-corrected chi connectivity index (χ2v) is 10.1. The first-order chi connectivity index (χ1) is 9.22. The van der Waals surface area contributed by atoms with Gasteiger partial charge in [-0.15, -0.1) is 0 Å². The standard InChI is InChI=1S/C15H21NO3Si/c1-6-18-14(17)12-7-9-13(10-8-12)15(2,11-16)19-20(3,4)5/h7-10H,6H2,1-5H3. The van der Waals surface area contributed by atoms with Crippen LogP contribution in [0.15, 0.2) is 24.3 Å². The molecule has 0 saturated carbocycles. The normalized spacial score (nSPS) is 14.2. The van der Waals surface area contributed by atoms with E-state index >= 15 is 0 Å². The molecule has 1 aromatic rings. The molecule has 108 valence electrons. The second-order valence-electron chi connectivity index (χ2n) is 5.66. The number of benzene rings is 1. The van der Waals surface area contributed by atoms with Gasteiger partial charge in [0, 0.05) is 0 Å². The van der Waals surface area contributed by atoms with E-state index in [9.17, 15) is 10.1 Å². The van der Waals surface area contributed by atoms with Gasteiger partial charge in [-0.3, -0.25) is 0 Å². The van der Waals surface area contributed by atoms with Crippen LogP contribution in [0.3, 0.4) is 0 Å². The highest BCUT2D eigenvalue weighted by Crippen LogP contribution is 2.28. The topological polar surface area (TPSA) is 59.3 Å². The number of carbonyl (C=O) groups excluding carboxylic acids is 1. The highest BCUT2D eigenvalue weighted by molar-refractivity contribution is 6.69. The van der Waals surface area contributed by atoms with Gasteiger partial charge in [-0.2, -0.15) is 5.26 Å². The third-order valence-corrected chi connectivity index (χ3v) is 3.69. The van der Waals surface area contributed by atoms with Crippen LogP contribution in [0.1, 0.15) is 29.8 Å². The summed E-state index contributed by atoms with van der Waals surface area (Å²) in [5, 5.41) is 9.42. The summed E-state index contributed by atoms with van der Waals surface area (Å²) in [7, 11) is -1.86. The molecule has 0 aliphatic heterocycles. The Bertz CT molecular complexity index is 513. The highest BCUT2D eigenvalue weighted by Gasteiger charge is 2.33. The SMILES string of the molecule is CCOC(=O)c1ccc(C(C)(C#N)O[Si](C)(C)C)cc1. The molecule has 1 unspecified atom stereocenters. The van der Waals surface area contributed by atoms with Gasteiger partial charge < -0.3 is 9.16 Å². The molecule has 0 radical (unpaired) electrons. The van der Waals surface area contributed by atoms with Crippen molar-refractivity contribution in [3.63, 3.8) is 0 Å². The van der Waals surface area contributed by atoms with Crippen LogP contribution in [-0.4, -0.2) is 20.9 Å². The third-order valence-electron chi connectivity index (χ3n) is 2.67. The van der Waals surface area contributed by atoms with Gasteiger partial charge >= 0.3 is 5.97 Å². The van der Waals surface area contributed by atoms with Crippen molar-refractivity contribution in [3.05, 3.63) is 35.4 Å². The predicted octanol–water partition coefficient (Wildman–Crippen LogP) is 3.45. The van der Waals surface area contributed by atoms with Gasteiger partial charge in [-0.25, -0.2) is 4.79 Å². The minimum absolute atomic E-state index is 0.342. The zero-order chi connectivity index (χ0) is 15.4. The molecular formula is C15H21NO3Si. The van der Waals surface area contributed by atoms with E-state index in [0.29, 0.717) is 12.2 Å². The molecule has 0 spiro atoms. The maximum atomic E-state index is 11.6. The van der Waals surface area contributed by atoms with Crippen molar-refractivity contribution in [2.45, 2.75) is 39.1 Å². The van der Waals surface area contributed by atoms with Crippen LogP contribution in [0.25, 0.3) is 0 Å². The molecule has 1 atom stereocenters. The summed E-state index contributed by atoms with van der Waals surface area (Å²) in [5.41, 5.74) is 0.233. The number of nitrogens with zero attached hydrogens (tertiary/aromatic N) is 1. The molecule has 0 amide bonds. The fourth-order valence-corrected chi connectivity index (χ4v) is 3.29. The fourth-order valence-electron chi connectivity index (χ4n) is 1.90. The second kappa shape index (κ2) is 6.20. The summed E-state index contributed by atoms with van der Waals surface area (Å²) in [6.07, 6.45) is 0. The van der Waals surface area contributed by atoms with Crippen molar-refractivity contribution in [3.8, 4) is 6.07 Å². The average Bonchev–Trinajstić information content (AvgIpc) is 2.37. The molecule has 4 nitrogen and oxygen atoms in total. The van der Waals surface area contributed by atoms with Crippen LogP contribution < -0.4 is 0 Å². The van der Waals surface area contributed by atoms with Gasteiger partial charge in [0.15, 0.2) is 13.9 Å². The van der Waals surface area contributed by atoms with Crippen molar-refractivity contribution in [1.29, 1.82) is 5.26 Å². The van der Waals surface area contributed by atoms with Crippen molar-refractivity contribution < 1.29 is 14.0 Å². The average molecular weight is 291 g/mol. The number of hydrogen-bond acceptors (Lipinski definition) is 4. The zero-order valence-corrected chi connectivity index (χ0v) is 13.7. The lowest BCUT2D eigenvalue weighted by molar-refractivity contribution is 0.0526. The number of hydrogen-bond donors (Lipinski definition) is 0. The van der Waals surface area contributed by atoms with Crippen LogP contribution in [0, 0.1) is 11.3 Å². The lowest BCUT2D eigenvalue weighted by atomic mass is 9.97. The molecule has 0 saturated heterocycles. The lowest BCUT2D eigenvalue weighted by Gasteiger charge is -2.30. The Balaban J connectivity index is 3.02. The third kappa shape index (κ3) is 4.19. The molecule has 0 aliphatic rings. The fraction of sp³-hybridized carbons (Fsp3) is 0.467. The summed E-state index contributed by atoms with van der Waals surface area (Å²) in [4.78, 5) is 11.6. The molecular weight excluding hydrogens is 270 g/mol. The molecule has 0 heterocycles. The molecule has 0 bridgehead atoms. The van der Waals surface area contributed by atoms with Crippen LogP contribution in [0.2, 0.25) is 19.6 Å². The quantitative estimate of drug-likeness (QED) is 0.616. The molecule has 0 fully saturated rings. The van der Waals surface area contributed by atoms with Gasteiger partial charge in [-0.05, 0) is 51.2 Å². The van der Waals surface area contributed by atoms with Gasteiger partial charge in [-0.1, -0.05) is 12.1 Å². The maximum Gasteiger partial charge on any atom is 0.338 e. The number of nitriles is 1. The van der Waals surface area contributed by atoms with Gasteiger partial charge in [0.05, 0.1) is 12.2 Å². The Morgan fingerprint density at radius 3 is 2.25 bits per heavy atom. The minimum Gasteiger partial charge on any atom is -0.462 e. The summed E-state index contributed by atoms with van der Waals surface area (Å²) in [6.45, 7) is 9.97. The number of esters is 1. The van der Waals surface area contributed by atoms with Crippen molar-refractivity contribution >= 4 is 14.3 Å². The minimum atomic E-state index is -1.86. The molecule has 1 rings (SSSR count). The summed E-state index contributed by atoms with van der Waals surface area (Å²) in [5.74, 6) is -0.358. The van der Waals surface area contributed by atoms with E-state index in [2.05, 4.69) is 6.07 Å². The molecule has 0 N–H and O–H groups in total. The molecule has 5 heteroatoms. The predicted molar refractivity (Wildman–Crippen MR) is 79.8 cm³/mol. The Morgan fingerprint density at radius 1 is 1.30 bits per heavy atom. The molecule has 1 aromatic carbocycles. The van der Waals surface area contributed by atoms with Crippen LogP contribution in [-0.2, 0) is 14.8 Å². The summed E-state index contributed by atoms with van der Waals surface area (Å²) >= 11 is 0. The number of carbonyl (C=O) groups is 1. The first-order valence-corrected chi connectivity index (χ1v) is 10.0. The Labute approximate surface area is 121 Å².